The Labute approximate surface area is 160 Å². The van der Waals surface area contributed by atoms with Crippen LogP contribution in [0.4, 0.5) is 0 Å². The quantitative estimate of drug-likeness (QED) is 0.631. The third-order valence-corrected chi connectivity index (χ3v) is 4.76. The maximum absolute atomic E-state index is 12.7. The van der Waals surface area contributed by atoms with Crippen LogP contribution < -0.4 is 10.6 Å². The summed E-state index contributed by atoms with van der Waals surface area (Å²) >= 11 is 7.53. The molecule has 0 radical (unpaired) electrons. The first-order valence-electron chi connectivity index (χ1n) is 7.87. The molecule has 1 heterocycles. The zero-order valence-electron chi connectivity index (χ0n) is 14.4. The van der Waals surface area contributed by atoms with Crippen LogP contribution in [0.25, 0.3) is 10.9 Å². The molecule has 0 aliphatic rings. The Hall–Kier alpha value is -2.19. The van der Waals surface area contributed by atoms with Crippen molar-refractivity contribution < 1.29 is 19.5 Å². The third-order valence-electron chi connectivity index (χ3n) is 3.88. The molecule has 0 saturated carbocycles. The minimum absolute atomic E-state index is 0.391. The molecule has 1 atom stereocenters. The van der Waals surface area contributed by atoms with Crippen LogP contribution in [-0.4, -0.2) is 52.1 Å². The summed E-state index contributed by atoms with van der Waals surface area (Å²) in [5.74, 6) is -1.41. The van der Waals surface area contributed by atoms with Crippen molar-refractivity contribution >= 4 is 52.0 Å². The van der Waals surface area contributed by atoms with Gasteiger partial charge in [-0.3, -0.25) is 14.4 Å². The number of amides is 2. The Morgan fingerprint density at radius 2 is 2.04 bits per heavy atom. The van der Waals surface area contributed by atoms with Gasteiger partial charge < -0.3 is 20.3 Å². The zero-order valence-corrected chi connectivity index (χ0v) is 16.0. The number of thioether (sulfide) groups is 1. The fourth-order valence-electron chi connectivity index (χ4n) is 2.56. The van der Waals surface area contributed by atoms with Gasteiger partial charge in [0.2, 0.25) is 5.91 Å². The summed E-state index contributed by atoms with van der Waals surface area (Å²) in [4.78, 5) is 35.5. The number of nitrogens with one attached hydrogen (secondary N) is 2. The monoisotopic (exact) mass is 397 g/mol. The molecule has 0 spiro atoms. The zero-order chi connectivity index (χ0) is 19.3. The van der Waals surface area contributed by atoms with Crippen LogP contribution in [0.15, 0.2) is 24.3 Å². The van der Waals surface area contributed by atoms with Crippen LogP contribution in [-0.2, 0) is 16.6 Å². The normalized spacial score (nSPS) is 12.0. The van der Waals surface area contributed by atoms with Crippen LogP contribution in [0.3, 0.4) is 0 Å². The number of carboxylic acid groups (broad SMARTS) is 1. The molecule has 3 N–H and O–H groups in total. The summed E-state index contributed by atoms with van der Waals surface area (Å²) in [6, 6.07) is 6.22. The molecule has 0 aliphatic carbocycles. The average Bonchev–Trinajstić information content (AvgIpc) is 2.92. The molecule has 1 aromatic heterocycles. The highest BCUT2D eigenvalue weighted by Gasteiger charge is 2.23. The Bertz CT molecular complexity index is 837. The van der Waals surface area contributed by atoms with Gasteiger partial charge in [-0.1, -0.05) is 11.6 Å². The van der Waals surface area contributed by atoms with E-state index in [-0.39, 0.29) is 0 Å². The molecule has 1 aromatic carbocycles. The van der Waals surface area contributed by atoms with Gasteiger partial charge in [0.25, 0.3) is 5.91 Å². The van der Waals surface area contributed by atoms with Crippen LogP contribution in [0, 0.1) is 0 Å². The van der Waals surface area contributed by atoms with Gasteiger partial charge in [0.15, 0.2) is 0 Å². The van der Waals surface area contributed by atoms with Crippen LogP contribution in [0.5, 0.6) is 0 Å². The smallest absolute Gasteiger partial charge is 0.322 e. The summed E-state index contributed by atoms with van der Waals surface area (Å²) < 4.78 is 1.72. The molecular weight excluding hydrogens is 378 g/mol. The molecule has 0 aliphatic heterocycles. The van der Waals surface area contributed by atoms with Crippen LogP contribution in [0.2, 0.25) is 5.02 Å². The number of hydrogen-bond donors (Lipinski definition) is 3. The van der Waals surface area contributed by atoms with Gasteiger partial charge in [-0.25, -0.2) is 0 Å². The van der Waals surface area contributed by atoms with Crippen molar-refractivity contribution in [1.29, 1.82) is 0 Å². The lowest BCUT2D eigenvalue weighted by atomic mass is 10.2. The van der Waals surface area contributed by atoms with Crippen molar-refractivity contribution in [1.82, 2.24) is 15.2 Å². The van der Waals surface area contributed by atoms with Gasteiger partial charge in [0.05, 0.1) is 0 Å². The predicted octanol–water partition coefficient (Wildman–Crippen LogP) is 1.88. The van der Waals surface area contributed by atoms with Crippen molar-refractivity contribution in [3.05, 3.63) is 35.0 Å². The van der Waals surface area contributed by atoms with E-state index in [4.69, 9.17) is 16.7 Å². The van der Waals surface area contributed by atoms with Gasteiger partial charge in [-0.2, -0.15) is 11.8 Å². The minimum Gasteiger partial charge on any atom is -0.480 e. The average molecular weight is 398 g/mol. The highest BCUT2D eigenvalue weighted by molar-refractivity contribution is 7.98. The second-order valence-electron chi connectivity index (χ2n) is 5.71. The number of carbonyl (C=O) groups is 3. The second kappa shape index (κ2) is 8.95. The standard InChI is InChI=1S/C17H20ClN3O4S/c1-21-13-4-3-11(18)7-10(13)8-14(21)17(25)20-12(5-6-26-2)16(24)19-9-15(22)23/h3-4,7-8,12H,5-6,9H2,1-2H3,(H,19,24)(H,20,25)(H,22,23)/t12-/m0/s1. The molecule has 26 heavy (non-hydrogen) atoms. The van der Waals surface area contributed by atoms with Crippen LogP contribution in [0.1, 0.15) is 16.9 Å². The molecule has 7 nitrogen and oxygen atoms in total. The molecule has 0 saturated heterocycles. The molecule has 0 fully saturated rings. The van der Waals surface area contributed by atoms with Gasteiger partial charge in [-0.05, 0) is 42.7 Å². The first-order valence-corrected chi connectivity index (χ1v) is 9.65. The summed E-state index contributed by atoms with van der Waals surface area (Å²) in [5.41, 5.74) is 1.23. The lowest BCUT2D eigenvalue weighted by Crippen LogP contribution is -2.48. The van der Waals surface area contributed by atoms with E-state index in [0.717, 1.165) is 10.9 Å². The summed E-state index contributed by atoms with van der Waals surface area (Å²) in [7, 11) is 1.76. The first-order chi connectivity index (χ1) is 12.3. The highest BCUT2D eigenvalue weighted by atomic mass is 35.5. The third kappa shape index (κ3) is 4.92. The largest absolute Gasteiger partial charge is 0.480 e. The number of nitrogens with zero attached hydrogens (tertiary/aromatic N) is 1. The second-order valence-corrected chi connectivity index (χ2v) is 7.13. The van der Waals surface area contributed by atoms with Crippen molar-refractivity contribution in [3.8, 4) is 0 Å². The van der Waals surface area contributed by atoms with Crippen molar-refractivity contribution in [2.75, 3.05) is 18.6 Å². The number of halogens is 1. The summed E-state index contributed by atoms with van der Waals surface area (Å²) in [6.07, 6.45) is 2.29. The van der Waals surface area contributed by atoms with E-state index in [2.05, 4.69) is 10.6 Å². The Kier molecular flexibility index (Phi) is 6.93. The minimum atomic E-state index is -1.14. The molecule has 2 rings (SSSR count). The topological polar surface area (TPSA) is 100 Å². The van der Waals surface area contributed by atoms with E-state index in [1.165, 1.54) is 11.8 Å². The number of rotatable bonds is 8. The number of aryl methyl sites for hydroxylation is 1. The number of fused-ring (bicyclic) bond motifs is 1. The lowest BCUT2D eigenvalue weighted by Gasteiger charge is -2.18. The number of aliphatic carboxylic acids is 1. The molecule has 2 aromatic rings. The van der Waals surface area contributed by atoms with Crippen molar-refractivity contribution in [2.45, 2.75) is 12.5 Å². The lowest BCUT2D eigenvalue weighted by molar-refractivity contribution is -0.138. The summed E-state index contributed by atoms with van der Waals surface area (Å²) in [6.45, 7) is -0.489. The number of carbonyl (C=O) groups excluding carboxylic acids is 2. The maximum Gasteiger partial charge on any atom is 0.322 e. The van der Waals surface area contributed by atoms with Gasteiger partial charge in [0, 0.05) is 23.0 Å². The van der Waals surface area contributed by atoms with Crippen molar-refractivity contribution in [2.24, 2.45) is 7.05 Å². The van der Waals surface area contributed by atoms with E-state index in [0.29, 0.717) is 22.9 Å². The SMILES string of the molecule is CSCC[C@H](NC(=O)c1cc2cc(Cl)ccc2n1C)C(=O)NCC(=O)O. The molecule has 0 unspecified atom stereocenters. The predicted molar refractivity (Wildman–Crippen MR) is 103 cm³/mol. The first kappa shape index (κ1) is 20.1. The Morgan fingerprint density at radius 1 is 1.31 bits per heavy atom. The van der Waals surface area contributed by atoms with E-state index in [1.54, 1.807) is 29.8 Å². The Balaban J connectivity index is 2.19. The number of hydrogen-bond acceptors (Lipinski definition) is 4. The van der Waals surface area contributed by atoms with Gasteiger partial charge in [-0.15, -0.1) is 0 Å². The van der Waals surface area contributed by atoms with Gasteiger partial charge >= 0.3 is 5.97 Å². The molecule has 9 heteroatoms. The van der Waals surface area contributed by atoms with E-state index in [1.807, 2.05) is 12.3 Å². The number of aromatic nitrogens is 1. The van der Waals surface area contributed by atoms with Crippen molar-refractivity contribution in [3.63, 3.8) is 0 Å². The van der Waals surface area contributed by atoms with E-state index >= 15 is 0 Å². The highest BCUT2D eigenvalue weighted by Crippen LogP contribution is 2.22. The molecular formula is C17H20ClN3O4S. The Morgan fingerprint density at radius 3 is 2.69 bits per heavy atom. The van der Waals surface area contributed by atoms with Gasteiger partial charge in [0.1, 0.15) is 18.3 Å². The molecule has 140 valence electrons. The molecule has 0 bridgehead atoms. The number of benzene rings is 1. The molecule has 2 amide bonds. The fourth-order valence-corrected chi connectivity index (χ4v) is 3.21. The summed E-state index contributed by atoms with van der Waals surface area (Å²) in [5, 5.41) is 15.1. The number of carboxylic acids is 1. The fraction of sp³-hybridized carbons (Fsp3) is 0.353. The van der Waals surface area contributed by atoms with E-state index < -0.39 is 30.4 Å². The van der Waals surface area contributed by atoms with E-state index in [9.17, 15) is 14.4 Å². The maximum atomic E-state index is 12.7. The van der Waals surface area contributed by atoms with Crippen LogP contribution >= 0.6 is 23.4 Å².